The van der Waals surface area contributed by atoms with Gasteiger partial charge in [-0.3, -0.25) is 4.79 Å². The van der Waals surface area contributed by atoms with Crippen LogP contribution in [0.25, 0.3) is 10.2 Å². The van der Waals surface area contributed by atoms with Crippen LogP contribution in [-0.4, -0.2) is 26.7 Å². The van der Waals surface area contributed by atoms with Crippen LogP contribution in [0.15, 0.2) is 12.1 Å². The number of hydrogen-bond donors (Lipinski definition) is 2. The summed E-state index contributed by atoms with van der Waals surface area (Å²) in [6, 6.07) is 4.97. The van der Waals surface area contributed by atoms with Crippen molar-refractivity contribution in [2.24, 2.45) is 5.92 Å². The number of carboxylic acids is 1. The molecule has 5 nitrogen and oxygen atoms in total. The van der Waals surface area contributed by atoms with Gasteiger partial charge < -0.3 is 10.4 Å². The summed E-state index contributed by atoms with van der Waals surface area (Å²) in [4.78, 5) is 11.0. The minimum Gasteiger partial charge on any atom is -0.481 e. The van der Waals surface area contributed by atoms with Gasteiger partial charge in [-0.25, -0.2) is 0 Å². The van der Waals surface area contributed by atoms with Crippen LogP contribution in [0, 0.1) is 5.92 Å². The molecule has 2 aromatic rings. The van der Waals surface area contributed by atoms with Gasteiger partial charge in [0.1, 0.15) is 5.52 Å². The molecule has 2 aliphatic rings. The highest BCUT2D eigenvalue weighted by Crippen LogP contribution is 2.46. The number of carboxylic acid groups (broad SMARTS) is 1. The molecule has 0 radical (unpaired) electrons. The molecule has 1 fully saturated rings. The first-order chi connectivity index (χ1) is 9.74. The number of fused-ring (bicyclic) bond motifs is 3. The summed E-state index contributed by atoms with van der Waals surface area (Å²) in [5.41, 5.74) is 3.64. The van der Waals surface area contributed by atoms with Crippen LogP contribution in [0.3, 0.4) is 0 Å². The molecule has 1 heterocycles. The maximum Gasteiger partial charge on any atom is 0.306 e. The number of aliphatic carboxylic acids is 1. The Kier molecular flexibility index (Phi) is 2.75. The third-order valence-corrected chi connectivity index (χ3v) is 5.18. The third kappa shape index (κ3) is 1.91. The Bertz CT molecular complexity index is 676. The van der Waals surface area contributed by atoms with E-state index in [0.717, 1.165) is 35.9 Å². The predicted molar refractivity (Wildman–Crippen MR) is 75.8 cm³/mol. The second-order valence-corrected chi connectivity index (χ2v) is 6.46. The number of nitrogens with zero attached hydrogens (tertiary/aromatic N) is 2. The maximum atomic E-state index is 11.0. The van der Waals surface area contributed by atoms with Crippen molar-refractivity contribution >= 4 is 27.7 Å². The first-order valence-corrected chi connectivity index (χ1v) is 7.75. The van der Waals surface area contributed by atoms with Crippen LogP contribution in [0.5, 0.6) is 0 Å². The lowest BCUT2D eigenvalue weighted by atomic mass is 9.86. The van der Waals surface area contributed by atoms with Gasteiger partial charge in [0.25, 0.3) is 0 Å². The summed E-state index contributed by atoms with van der Waals surface area (Å²) >= 11 is 1.43. The van der Waals surface area contributed by atoms with Gasteiger partial charge in [-0.15, -0.1) is 5.10 Å². The van der Waals surface area contributed by atoms with Crippen molar-refractivity contribution in [2.75, 3.05) is 0 Å². The fourth-order valence-electron chi connectivity index (χ4n) is 3.27. The second-order valence-electron chi connectivity index (χ2n) is 5.67. The van der Waals surface area contributed by atoms with Crippen LogP contribution in [0.1, 0.15) is 42.9 Å². The first kappa shape index (κ1) is 12.2. The Morgan fingerprint density at radius 2 is 2.10 bits per heavy atom. The van der Waals surface area contributed by atoms with E-state index in [1.165, 1.54) is 22.7 Å². The number of aromatic nitrogens is 2. The maximum absolute atomic E-state index is 11.0. The number of carbonyl (C=O) groups is 1. The molecule has 0 aliphatic heterocycles. The Hall–Kier alpha value is -1.53. The topological polar surface area (TPSA) is 75.1 Å². The molecule has 1 atom stereocenters. The summed E-state index contributed by atoms with van der Waals surface area (Å²) < 4.78 is 5.15. The molecule has 2 aliphatic carbocycles. The molecule has 104 valence electrons. The summed E-state index contributed by atoms with van der Waals surface area (Å²) in [6.45, 7) is 0. The van der Waals surface area contributed by atoms with Gasteiger partial charge in [0.15, 0.2) is 0 Å². The highest BCUT2D eigenvalue weighted by atomic mass is 32.1. The van der Waals surface area contributed by atoms with E-state index >= 15 is 0 Å². The lowest BCUT2D eigenvalue weighted by Crippen LogP contribution is -2.34. The summed E-state index contributed by atoms with van der Waals surface area (Å²) in [5, 5.41) is 16.9. The van der Waals surface area contributed by atoms with Crippen LogP contribution in [-0.2, 0) is 4.79 Å². The van der Waals surface area contributed by atoms with Crippen molar-refractivity contribution in [1.29, 1.82) is 0 Å². The van der Waals surface area contributed by atoms with Gasteiger partial charge in [0.2, 0.25) is 0 Å². The quantitative estimate of drug-likeness (QED) is 0.907. The van der Waals surface area contributed by atoms with E-state index in [-0.39, 0.29) is 5.92 Å². The molecule has 0 spiro atoms. The minimum absolute atomic E-state index is 0.149. The molecule has 1 saturated carbocycles. The smallest absolute Gasteiger partial charge is 0.306 e. The van der Waals surface area contributed by atoms with Gasteiger partial charge in [-0.1, -0.05) is 10.6 Å². The molecule has 1 aromatic heterocycles. The van der Waals surface area contributed by atoms with E-state index in [2.05, 4.69) is 27.0 Å². The second kappa shape index (κ2) is 4.49. The minimum atomic E-state index is -0.645. The van der Waals surface area contributed by atoms with Crippen LogP contribution < -0.4 is 5.32 Å². The SMILES string of the molecule is O=C(O)C1CCC(NC2c3ccc4snnc4c32)CC1. The van der Waals surface area contributed by atoms with E-state index < -0.39 is 5.97 Å². The first-order valence-electron chi connectivity index (χ1n) is 6.98. The predicted octanol–water partition coefficient (Wildman–Crippen LogP) is 2.33. The van der Waals surface area contributed by atoms with Crippen LogP contribution in [0.2, 0.25) is 0 Å². The molecular formula is C14H15N3O2S. The fourth-order valence-corrected chi connectivity index (χ4v) is 3.85. The summed E-state index contributed by atoms with van der Waals surface area (Å²) in [5.74, 6) is -0.794. The Morgan fingerprint density at radius 1 is 1.30 bits per heavy atom. The lowest BCUT2D eigenvalue weighted by Gasteiger charge is -2.27. The highest BCUT2D eigenvalue weighted by Gasteiger charge is 2.38. The van der Waals surface area contributed by atoms with E-state index in [9.17, 15) is 4.79 Å². The number of hydrogen-bond acceptors (Lipinski definition) is 5. The molecule has 0 saturated heterocycles. The highest BCUT2D eigenvalue weighted by molar-refractivity contribution is 7.13. The van der Waals surface area contributed by atoms with E-state index in [4.69, 9.17) is 5.11 Å². The van der Waals surface area contributed by atoms with Gasteiger partial charge in [-0.05, 0) is 48.8 Å². The average Bonchev–Trinajstić information content (AvgIpc) is 2.94. The molecule has 0 bridgehead atoms. The van der Waals surface area contributed by atoms with E-state index in [0.29, 0.717) is 12.1 Å². The zero-order chi connectivity index (χ0) is 13.7. The average molecular weight is 289 g/mol. The number of rotatable bonds is 3. The molecule has 0 amide bonds. The van der Waals surface area contributed by atoms with Gasteiger partial charge >= 0.3 is 5.97 Å². The van der Waals surface area contributed by atoms with Gasteiger partial charge in [0.05, 0.1) is 16.7 Å². The zero-order valence-corrected chi connectivity index (χ0v) is 11.7. The van der Waals surface area contributed by atoms with Crippen molar-refractivity contribution in [1.82, 2.24) is 14.9 Å². The molecule has 6 heteroatoms. The van der Waals surface area contributed by atoms with Crippen molar-refractivity contribution in [2.45, 2.75) is 37.8 Å². The molecule has 20 heavy (non-hydrogen) atoms. The molecular weight excluding hydrogens is 274 g/mol. The fraction of sp³-hybridized carbons (Fsp3) is 0.500. The largest absolute Gasteiger partial charge is 0.481 e. The third-order valence-electron chi connectivity index (χ3n) is 4.49. The zero-order valence-electron chi connectivity index (χ0n) is 10.9. The molecule has 1 unspecified atom stereocenters. The van der Waals surface area contributed by atoms with E-state index in [1.54, 1.807) is 0 Å². The van der Waals surface area contributed by atoms with Crippen LogP contribution in [0.4, 0.5) is 0 Å². The van der Waals surface area contributed by atoms with Crippen molar-refractivity contribution in [3.63, 3.8) is 0 Å². The lowest BCUT2D eigenvalue weighted by molar-refractivity contribution is -0.142. The summed E-state index contributed by atoms with van der Waals surface area (Å²) in [7, 11) is 0. The number of benzene rings is 1. The van der Waals surface area contributed by atoms with E-state index in [1.807, 2.05) is 0 Å². The Labute approximate surface area is 120 Å². The summed E-state index contributed by atoms with van der Waals surface area (Å²) in [6.07, 6.45) is 3.45. The van der Waals surface area contributed by atoms with Crippen molar-refractivity contribution < 1.29 is 9.90 Å². The van der Waals surface area contributed by atoms with Crippen LogP contribution >= 0.6 is 11.5 Å². The monoisotopic (exact) mass is 289 g/mol. The van der Waals surface area contributed by atoms with Crippen molar-refractivity contribution in [3.05, 3.63) is 23.3 Å². The Balaban J connectivity index is 1.43. The number of nitrogens with one attached hydrogen (secondary N) is 1. The van der Waals surface area contributed by atoms with Crippen molar-refractivity contribution in [3.8, 4) is 0 Å². The van der Waals surface area contributed by atoms with Gasteiger partial charge in [0, 0.05) is 11.6 Å². The normalized spacial score (nSPS) is 28.3. The molecule has 4 rings (SSSR count). The standard InChI is InChI=1S/C14H15N3O2S/c18-14(19)7-1-3-8(4-2-7)15-12-9-5-6-10-13(11(9)12)16-17-20-10/h5-8,12,15H,1-4H2,(H,18,19). The Morgan fingerprint density at radius 3 is 2.85 bits per heavy atom. The molecule has 2 N–H and O–H groups in total. The molecule has 1 aromatic carbocycles. The van der Waals surface area contributed by atoms with Gasteiger partial charge in [-0.2, -0.15) is 0 Å².